The van der Waals surface area contributed by atoms with Crippen LogP contribution in [0.4, 0.5) is 0 Å². The summed E-state index contributed by atoms with van der Waals surface area (Å²) >= 11 is 0. The molecule has 0 radical (unpaired) electrons. The molecule has 4 aromatic heterocycles. The van der Waals surface area contributed by atoms with Crippen LogP contribution in [-0.4, -0.2) is 24.1 Å². The molecule has 57 heavy (non-hydrogen) atoms. The van der Waals surface area contributed by atoms with Crippen molar-refractivity contribution in [3.05, 3.63) is 188 Å². The molecule has 6 nitrogen and oxygen atoms in total. The Kier molecular flexibility index (Phi) is 6.83. The molecule has 0 saturated carbocycles. The van der Waals surface area contributed by atoms with Gasteiger partial charge in [-0.15, -0.1) is 0 Å². The van der Waals surface area contributed by atoms with Crippen LogP contribution in [0.3, 0.4) is 0 Å². The summed E-state index contributed by atoms with van der Waals surface area (Å²) in [4.78, 5) is 15.7. The van der Waals surface area contributed by atoms with Crippen LogP contribution in [0.25, 0.3) is 111 Å². The van der Waals surface area contributed by atoms with Crippen molar-refractivity contribution >= 4 is 65.6 Å². The Hall–Kier alpha value is -7.83. The summed E-state index contributed by atoms with van der Waals surface area (Å²) in [6, 6.07) is 65.6. The molecule has 4 heterocycles. The zero-order chi connectivity index (χ0) is 37.5. The van der Waals surface area contributed by atoms with Crippen molar-refractivity contribution in [2.24, 2.45) is 0 Å². The van der Waals surface area contributed by atoms with Crippen LogP contribution >= 0.6 is 0 Å². The predicted molar refractivity (Wildman–Crippen MR) is 232 cm³/mol. The first-order valence-electron chi connectivity index (χ1n) is 19.1. The average molecular weight is 730 g/mol. The average Bonchev–Trinajstić information content (AvgIpc) is 3.94. The van der Waals surface area contributed by atoms with E-state index in [0.29, 0.717) is 17.6 Å². The minimum Gasteiger partial charge on any atom is -0.456 e. The van der Waals surface area contributed by atoms with E-state index in [4.69, 9.17) is 19.4 Å². The largest absolute Gasteiger partial charge is 0.456 e. The predicted octanol–water partition coefficient (Wildman–Crippen LogP) is 13.0. The normalized spacial score (nSPS) is 11.9. The van der Waals surface area contributed by atoms with E-state index in [1.807, 2.05) is 54.6 Å². The van der Waals surface area contributed by atoms with E-state index in [2.05, 4.69) is 143 Å². The minimum absolute atomic E-state index is 0.546. The van der Waals surface area contributed by atoms with Gasteiger partial charge in [-0.05, 0) is 59.7 Å². The third-order valence-electron chi connectivity index (χ3n) is 11.2. The summed E-state index contributed by atoms with van der Waals surface area (Å²) in [6.07, 6.45) is 0. The van der Waals surface area contributed by atoms with Crippen molar-refractivity contribution in [2.75, 3.05) is 0 Å². The van der Waals surface area contributed by atoms with Gasteiger partial charge in [0.05, 0.1) is 22.1 Å². The lowest BCUT2D eigenvalue weighted by molar-refractivity contribution is 0.669. The second-order valence-electron chi connectivity index (χ2n) is 14.4. The van der Waals surface area contributed by atoms with Crippen LogP contribution in [0.15, 0.2) is 192 Å². The Labute approximate surface area is 326 Å². The number of furan rings is 1. The van der Waals surface area contributed by atoms with E-state index >= 15 is 0 Å². The maximum atomic E-state index is 6.33. The lowest BCUT2D eigenvalue weighted by Gasteiger charge is -2.12. The van der Waals surface area contributed by atoms with E-state index in [1.165, 1.54) is 11.1 Å². The lowest BCUT2D eigenvalue weighted by Crippen LogP contribution is -2.06. The smallest absolute Gasteiger partial charge is 0.238 e. The maximum Gasteiger partial charge on any atom is 0.238 e. The lowest BCUT2D eigenvalue weighted by atomic mass is 10.1. The van der Waals surface area contributed by atoms with Gasteiger partial charge in [0.15, 0.2) is 11.6 Å². The summed E-state index contributed by atoms with van der Waals surface area (Å²) in [5.41, 5.74) is 11.1. The highest BCUT2D eigenvalue weighted by atomic mass is 16.3. The highest BCUT2D eigenvalue weighted by Crippen LogP contribution is 2.42. The fraction of sp³-hybridized carbons (Fsp3) is 0. The van der Waals surface area contributed by atoms with Crippen molar-refractivity contribution in [1.29, 1.82) is 0 Å². The van der Waals surface area contributed by atoms with Gasteiger partial charge in [0.1, 0.15) is 11.2 Å². The van der Waals surface area contributed by atoms with Gasteiger partial charge in [-0.3, -0.25) is 4.57 Å². The van der Waals surface area contributed by atoms with Gasteiger partial charge in [0.25, 0.3) is 0 Å². The van der Waals surface area contributed by atoms with Crippen molar-refractivity contribution in [2.45, 2.75) is 0 Å². The molecule has 0 aliphatic heterocycles. The number of aromatic nitrogens is 5. The number of para-hydroxylation sites is 3. The van der Waals surface area contributed by atoms with E-state index in [9.17, 15) is 0 Å². The molecule has 0 unspecified atom stereocenters. The molecule has 0 fully saturated rings. The third kappa shape index (κ3) is 4.87. The summed E-state index contributed by atoms with van der Waals surface area (Å²) in [7, 11) is 0. The van der Waals surface area contributed by atoms with Crippen molar-refractivity contribution in [3.63, 3.8) is 0 Å². The van der Waals surface area contributed by atoms with Crippen molar-refractivity contribution in [3.8, 4) is 45.5 Å². The summed E-state index contributed by atoms with van der Waals surface area (Å²) in [5.74, 6) is 1.71. The van der Waals surface area contributed by atoms with E-state index in [0.717, 1.165) is 82.4 Å². The van der Waals surface area contributed by atoms with Gasteiger partial charge < -0.3 is 8.98 Å². The molecule has 12 aromatic rings. The van der Waals surface area contributed by atoms with Crippen LogP contribution in [0.1, 0.15) is 0 Å². The third-order valence-corrected chi connectivity index (χ3v) is 11.2. The molecule has 0 atom stereocenters. The Morgan fingerprint density at radius 3 is 1.77 bits per heavy atom. The number of hydrogen-bond donors (Lipinski definition) is 0. The second kappa shape index (κ2) is 12.3. The van der Waals surface area contributed by atoms with Crippen molar-refractivity contribution < 1.29 is 4.42 Å². The second-order valence-corrected chi connectivity index (χ2v) is 14.4. The molecule has 8 aromatic carbocycles. The van der Waals surface area contributed by atoms with Gasteiger partial charge in [0, 0.05) is 49.1 Å². The molecule has 0 aliphatic rings. The number of fused-ring (bicyclic) bond motifs is 10. The molecule has 0 aliphatic carbocycles. The van der Waals surface area contributed by atoms with Gasteiger partial charge in [-0.2, -0.15) is 9.97 Å². The first kappa shape index (κ1) is 31.5. The van der Waals surface area contributed by atoms with Crippen LogP contribution in [0, 0.1) is 0 Å². The van der Waals surface area contributed by atoms with Gasteiger partial charge >= 0.3 is 0 Å². The Balaban J connectivity index is 1.16. The zero-order valence-electron chi connectivity index (χ0n) is 30.5. The fourth-order valence-electron chi connectivity index (χ4n) is 8.62. The van der Waals surface area contributed by atoms with Crippen LogP contribution in [0.2, 0.25) is 0 Å². The van der Waals surface area contributed by atoms with Gasteiger partial charge in [-0.1, -0.05) is 140 Å². The number of nitrogens with zero attached hydrogens (tertiary/aromatic N) is 5. The SMILES string of the molecule is c1ccc(-c2cccc(-n3c4ccccc4c4c3ccc3c5ccccc5n(-c5nc(-c6ccccc6)nc(-c6ccc7c(c6)oc6ccccc67)n5)c34)c2)cc1. The molecule has 266 valence electrons. The molecule has 0 bridgehead atoms. The standard InChI is InChI=1S/C51H31N5O/c1-3-14-32(15-4-1)34-18-13-19-36(30-34)55-43-24-11-8-22-41(43)47-44(55)29-28-40-37-20-7-10-23-42(37)56(48(40)47)51-53-49(33-16-5-2-6-17-33)52-50(54-51)35-26-27-39-38-21-9-12-25-45(38)57-46(39)31-35/h1-31H. The molecular formula is C51H31N5O. The molecular weight excluding hydrogens is 699 g/mol. The maximum absolute atomic E-state index is 6.33. The topological polar surface area (TPSA) is 61.7 Å². The van der Waals surface area contributed by atoms with Gasteiger partial charge in [0.2, 0.25) is 5.95 Å². The first-order chi connectivity index (χ1) is 28.3. The molecule has 0 spiro atoms. The van der Waals surface area contributed by atoms with E-state index in [-0.39, 0.29) is 0 Å². The van der Waals surface area contributed by atoms with Crippen LogP contribution < -0.4 is 0 Å². The number of rotatable bonds is 5. The highest BCUT2D eigenvalue weighted by Gasteiger charge is 2.23. The van der Waals surface area contributed by atoms with Crippen LogP contribution in [0.5, 0.6) is 0 Å². The van der Waals surface area contributed by atoms with E-state index in [1.54, 1.807) is 0 Å². The highest BCUT2D eigenvalue weighted by molar-refractivity contribution is 6.26. The zero-order valence-corrected chi connectivity index (χ0v) is 30.5. The van der Waals surface area contributed by atoms with Crippen LogP contribution in [-0.2, 0) is 0 Å². The Bertz CT molecular complexity index is 3520. The fourth-order valence-corrected chi connectivity index (χ4v) is 8.62. The monoisotopic (exact) mass is 729 g/mol. The molecule has 0 amide bonds. The molecule has 6 heteroatoms. The minimum atomic E-state index is 0.546. The van der Waals surface area contributed by atoms with E-state index < -0.39 is 0 Å². The Morgan fingerprint density at radius 2 is 0.965 bits per heavy atom. The molecule has 0 saturated heterocycles. The number of benzene rings is 8. The van der Waals surface area contributed by atoms with Gasteiger partial charge in [-0.25, -0.2) is 4.98 Å². The Morgan fingerprint density at radius 1 is 0.351 bits per heavy atom. The van der Waals surface area contributed by atoms with Crippen molar-refractivity contribution in [1.82, 2.24) is 24.1 Å². The summed E-state index contributed by atoms with van der Waals surface area (Å²) in [5, 5.41) is 6.69. The number of hydrogen-bond acceptors (Lipinski definition) is 4. The molecule has 0 N–H and O–H groups in total. The quantitative estimate of drug-likeness (QED) is 0.177. The summed E-state index contributed by atoms with van der Waals surface area (Å²) in [6.45, 7) is 0. The first-order valence-corrected chi connectivity index (χ1v) is 19.1. The summed E-state index contributed by atoms with van der Waals surface area (Å²) < 4.78 is 11.0. The molecule has 12 rings (SSSR count).